The van der Waals surface area contributed by atoms with Crippen LogP contribution in [0, 0.1) is 0 Å². The van der Waals surface area contributed by atoms with Gasteiger partial charge in [0.05, 0.1) is 33.7 Å². The van der Waals surface area contributed by atoms with E-state index in [0.29, 0.717) is 6.42 Å². The third-order valence-electron chi connectivity index (χ3n) is 8.97. The molecule has 1 aromatic heterocycles. The maximum absolute atomic E-state index is 13.1. The van der Waals surface area contributed by atoms with E-state index < -0.39 is 5.85 Å². The second kappa shape index (κ2) is 11.4. The van der Waals surface area contributed by atoms with Crippen molar-refractivity contribution in [1.29, 1.82) is 0 Å². The Hall–Kier alpha value is -5.86. The summed E-state index contributed by atoms with van der Waals surface area (Å²) in [5.41, 5.74) is 8.97. The standard InChI is InChI=1S/C40H29N5O2S/c46-39-41-40(45-36(32-18-10-11-19-37(32)47-40)26-34(43-45)29-14-6-2-7-15-29)38(48-39)24-27-20-22-31(23-21-27)44-35(30-16-8-3-9-17-30)25-33(42-44)28-12-4-1-5-13-28/h1-25,36H,26H2,(H,41,46)/b38-24-. The lowest BCUT2D eigenvalue weighted by Crippen LogP contribution is -2.61. The van der Waals surface area contributed by atoms with Gasteiger partial charge >= 0.3 is 5.85 Å². The zero-order chi connectivity index (χ0) is 32.1. The Morgan fingerprint density at radius 2 is 1.42 bits per heavy atom. The monoisotopic (exact) mass is 643 g/mol. The summed E-state index contributed by atoms with van der Waals surface area (Å²) in [5.74, 6) is -0.517. The van der Waals surface area contributed by atoms with E-state index in [4.69, 9.17) is 14.9 Å². The fourth-order valence-corrected chi connectivity index (χ4v) is 7.58. The summed E-state index contributed by atoms with van der Waals surface area (Å²) in [6.45, 7) is 0. The van der Waals surface area contributed by atoms with Crippen molar-refractivity contribution in [1.82, 2.24) is 20.1 Å². The van der Waals surface area contributed by atoms with E-state index in [2.05, 4.69) is 78.1 Å². The molecule has 1 N–H and O–H groups in total. The van der Waals surface area contributed by atoms with E-state index in [1.54, 1.807) is 0 Å². The molecule has 0 saturated carbocycles. The average Bonchev–Trinajstić information content (AvgIpc) is 3.87. The summed E-state index contributed by atoms with van der Waals surface area (Å²) >= 11 is 1.15. The van der Waals surface area contributed by atoms with Crippen molar-refractivity contribution >= 4 is 28.8 Å². The molecule has 0 radical (unpaired) electrons. The van der Waals surface area contributed by atoms with Crippen LogP contribution in [0.15, 0.2) is 156 Å². The van der Waals surface area contributed by atoms with Gasteiger partial charge in [-0.1, -0.05) is 121 Å². The number of fused-ring (bicyclic) bond motifs is 4. The highest BCUT2D eigenvalue weighted by atomic mass is 32.2. The predicted octanol–water partition coefficient (Wildman–Crippen LogP) is 8.90. The second-order valence-corrected chi connectivity index (χ2v) is 12.9. The number of carbonyl (C=O) groups is 1. The summed E-state index contributed by atoms with van der Waals surface area (Å²) in [4.78, 5) is 13.9. The van der Waals surface area contributed by atoms with Gasteiger partial charge in [0, 0.05) is 23.1 Å². The number of nitrogens with one attached hydrogen (secondary N) is 1. The highest BCUT2D eigenvalue weighted by molar-refractivity contribution is 8.17. The molecule has 7 nitrogen and oxygen atoms in total. The highest BCUT2D eigenvalue weighted by Gasteiger charge is 2.58. The topological polar surface area (TPSA) is 71.8 Å². The number of carbonyl (C=O) groups excluding carboxylic acids is 1. The number of thioether (sulfide) groups is 1. The van der Waals surface area contributed by atoms with Gasteiger partial charge in [-0.15, -0.1) is 0 Å². The van der Waals surface area contributed by atoms with Gasteiger partial charge in [0.15, 0.2) is 0 Å². The van der Waals surface area contributed by atoms with Crippen molar-refractivity contribution in [2.45, 2.75) is 18.3 Å². The molecule has 4 heterocycles. The molecule has 1 saturated heterocycles. The Bertz CT molecular complexity index is 2220. The molecular weight excluding hydrogens is 615 g/mol. The largest absolute Gasteiger partial charge is 0.444 e. The van der Waals surface area contributed by atoms with E-state index in [-0.39, 0.29) is 11.3 Å². The Labute approximate surface area is 282 Å². The van der Waals surface area contributed by atoms with Gasteiger partial charge in [0.2, 0.25) is 0 Å². The number of benzene rings is 5. The SMILES string of the molecule is O=C1NC2(Oc3ccccc3C3CC(c4ccccc4)=NN32)/C(=C/c2ccc(-n3nc(-c4ccccc4)cc3-c3ccccc3)cc2)S1. The third kappa shape index (κ3) is 4.80. The highest BCUT2D eigenvalue weighted by Crippen LogP contribution is 2.52. The van der Waals surface area contributed by atoms with Gasteiger partial charge in [0.25, 0.3) is 5.24 Å². The summed E-state index contributed by atoms with van der Waals surface area (Å²) in [5, 5.41) is 15.0. The van der Waals surface area contributed by atoms with Crippen LogP contribution < -0.4 is 10.1 Å². The smallest absolute Gasteiger partial charge is 0.314 e. The molecule has 8 heteroatoms. The van der Waals surface area contributed by atoms with Crippen LogP contribution in [0.3, 0.4) is 0 Å². The molecule has 6 aromatic rings. The molecule has 0 aliphatic carbocycles. The van der Waals surface area contributed by atoms with Crippen LogP contribution in [0.5, 0.6) is 5.75 Å². The zero-order valence-corrected chi connectivity index (χ0v) is 26.5. The Morgan fingerprint density at radius 1 is 0.771 bits per heavy atom. The lowest BCUT2D eigenvalue weighted by Gasteiger charge is -2.45. The number of hydrogen-bond donors (Lipinski definition) is 1. The molecule has 0 bridgehead atoms. The van der Waals surface area contributed by atoms with E-state index in [0.717, 1.165) is 73.0 Å². The number of ether oxygens (including phenoxy) is 1. The molecule has 1 fully saturated rings. The maximum atomic E-state index is 13.1. The Morgan fingerprint density at radius 3 is 2.15 bits per heavy atom. The molecular formula is C40H29N5O2S. The zero-order valence-electron chi connectivity index (χ0n) is 25.7. The van der Waals surface area contributed by atoms with Gasteiger partial charge in [-0.2, -0.15) is 10.2 Å². The van der Waals surface area contributed by atoms with E-state index >= 15 is 0 Å². The Balaban J connectivity index is 1.10. The van der Waals surface area contributed by atoms with Crippen molar-refractivity contribution in [3.8, 4) is 34.0 Å². The van der Waals surface area contributed by atoms with Gasteiger partial charge in [-0.3, -0.25) is 10.1 Å². The van der Waals surface area contributed by atoms with Crippen molar-refractivity contribution in [3.63, 3.8) is 0 Å². The van der Waals surface area contributed by atoms with Crippen LogP contribution in [-0.4, -0.2) is 31.6 Å². The first-order valence-corrected chi connectivity index (χ1v) is 16.7. The van der Waals surface area contributed by atoms with E-state index in [1.807, 2.05) is 88.6 Å². The summed E-state index contributed by atoms with van der Waals surface area (Å²) < 4.78 is 8.71. The number of rotatable bonds is 5. The fraction of sp³-hybridized carbons (Fsp3) is 0.0750. The summed E-state index contributed by atoms with van der Waals surface area (Å²) in [6.07, 6.45) is 2.72. The molecule has 3 aliphatic heterocycles. The fourth-order valence-electron chi connectivity index (χ4n) is 6.68. The number of amides is 1. The van der Waals surface area contributed by atoms with Crippen molar-refractivity contribution in [2.75, 3.05) is 0 Å². The molecule has 1 spiro atoms. The molecule has 2 atom stereocenters. The summed E-state index contributed by atoms with van der Waals surface area (Å²) in [6, 6.07) is 49.0. The minimum Gasteiger partial charge on any atom is -0.444 e. The number of nitrogens with zero attached hydrogens (tertiary/aromatic N) is 4. The summed E-state index contributed by atoms with van der Waals surface area (Å²) in [7, 11) is 0. The van der Waals surface area contributed by atoms with Crippen LogP contribution in [0.4, 0.5) is 4.79 Å². The van der Waals surface area contributed by atoms with Crippen LogP contribution in [0.2, 0.25) is 0 Å². The molecule has 1 amide bonds. The van der Waals surface area contributed by atoms with Crippen LogP contribution in [-0.2, 0) is 0 Å². The van der Waals surface area contributed by atoms with Gasteiger partial charge in [-0.05, 0) is 53.2 Å². The van der Waals surface area contributed by atoms with Crippen LogP contribution in [0.25, 0.3) is 34.3 Å². The number of hydrogen-bond acceptors (Lipinski definition) is 6. The normalized spacial score (nSPS) is 20.3. The van der Waals surface area contributed by atoms with E-state index in [1.165, 1.54) is 0 Å². The number of para-hydroxylation sites is 1. The molecule has 5 aromatic carbocycles. The lowest BCUT2D eigenvalue weighted by molar-refractivity contribution is -0.0949. The average molecular weight is 644 g/mol. The van der Waals surface area contributed by atoms with E-state index in [9.17, 15) is 4.79 Å². The molecule has 9 rings (SSSR count). The van der Waals surface area contributed by atoms with Crippen molar-refractivity contribution < 1.29 is 9.53 Å². The van der Waals surface area contributed by atoms with Gasteiger partial charge < -0.3 is 4.74 Å². The molecule has 232 valence electrons. The van der Waals surface area contributed by atoms with Gasteiger partial charge in [-0.25, -0.2) is 9.69 Å². The van der Waals surface area contributed by atoms with Crippen LogP contribution >= 0.6 is 11.8 Å². The number of aromatic nitrogens is 2. The third-order valence-corrected chi connectivity index (χ3v) is 9.87. The van der Waals surface area contributed by atoms with Gasteiger partial charge in [0.1, 0.15) is 5.75 Å². The maximum Gasteiger partial charge on any atom is 0.314 e. The number of hydrazone groups is 1. The van der Waals surface area contributed by atoms with Crippen molar-refractivity contribution in [3.05, 3.63) is 167 Å². The first-order chi connectivity index (χ1) is 23.6. The Kier molecular flexibility index (Phi) is 6.76. The molecule has 3 aliphatic rings. The quantitative estimate of drug-likeness (QED) is 0.203. The molecule has 2 unspecified atom stereocenters. The minimum atomic E-state index is -1.26. The van der Waals surface area contributed by atoms with Crippen molar-refractivity contribution in [2.24, 2.45) is 5.10 Å². The predicted molar refractivity (Wildman–Crippen MR) is 191 cm³/mol. The van der Waals surface area contributed by atoms with Crippen LogP contribution in [0.1, 0.15) is 29.2 Å². The first-order valence-electron chi connectivity index (χ1n) is 15.9. The second-order valence-electron chi connectivity index (χ2n) is 11.9. The first kappa shape index (κ1) is 28.4. The molecule has 48 heavy (non-hydrogen) atoms. The lowest BCUT2D eigenvalue weighted by atomic mass is 9.95. The minimum absolute atomic E-state index is 0.0926.